The Labute approximate surface area is 112 Å². The number of hydrogen-bond acceptors (Lipinski definition) is 4. The van der Waals surface area contributed by atoms with Gasteiger partial charge >= 0.3 is 12.0 Å². The van der Waals surface area contributed by atoms with E-state index in [-0.39, 0.29) is 36.6 Å². The maximum atomic E-state index is 11.6. The lowest BCUT2D eigenvalue weighted by molar-refractivity contribution is -0.146. The van der Waals surface area contributed by atoms with Gasteiger partial charge in [-0.05, 0) is 6.42 Å². The lowest BCUT2D eigenvalue weighted by Gasteiger charge is -2.51. The number of carbonyl (C=O) groups excluding carboxylic acids is 1. The lowest BCUT2D eigenvalue weighted by Crippen LogP contribution is -2.63. The zero-order valence-electron chi connectivity index (χ0n) is 11.5. The van der Waals surface area contributed by atoms with Gasteiger partial charge in [-0.1, -0.05) is 13.8 Å². The molecule has 7 nitrogen and oxygen atoms in total. The van der Waals surface area contributed by atoms with Crippen molar-refractivity contribution in [3.63, 3.8) is 0 Å². The summed E-state index contributed by atoms with van der Waals surface area (Å²) >= 11 is 0. The number of hydrogen-bond donors (Lipinski definition) is 4. The molecule has 3 atom stereocenters. The molecule has 7 heteroatoms. The maximum absolute atomic E-state index is 11.6. The quantitative estimate of drug-likeness (QED) is 0.542. The molecule has 2 amide bonds. The number of rotatable bonds is 6. The second-order valence-corrected chi connectivity index (χ2v) is 5.38. The topological polar surface area (TPSA) is 108 Å². The number of aliphatic hydroxyl groups excluding tert-OH is 1. The van der Waals surface area contributed by atoms with Crippen molar-refractivity contribution in [2.75, 3.05) is 13.7 Å². The number of nitrogens with one attached hydrogen (secondary N) is 2. The van der Waals surface area contributed by atoms with Crippen LogP contribution >= 0.6 is 0 Å². The molecule has 1 aliphatic rings. The molecule has 110 valence electrons. The van der Waals surface area contributed by atoms with E-state index < -0.39 is 12.1 Å². The van der Waals surface area contributed by atoms with Gasteiger partial charge in [0, 0.05) is 31.5 Å². The number of carboxylic acids is 1. The van der Waals surface area contributed by atoms with Crippen molar-refractivity contribution in [2.24, 2.45) is 5.41 Å². The Morgan fingerprint density at radius 2 is 2.11 bits per heavy atom. The summed E-state index contributed by atoms with van der Waals surface area (Å²) in [5, 5.41) is 22.9. The van der Waals surface area contributed by atoms with Gasteiger partial charge in [-0.2, -0.15) is 0 Å². The van der Waals surface area contributed by atoms with E-state index in [2.05, 4.69) is 10.6 Å². The summed E-state index contributed by atoms with van der Waals surface area (Å²) in [6.07, 6.45) is -0.573. The second-order valence-electron chi connectivity index (χ2n) is 5.38. The van der Waals surface area contributed by atoms with Crippen LogP contribution in [0.3, 0.4) is 0 Å². The van der Waals surface area contributed by atoms with E-state index in [0.717, 1.165) is 6.42 Å². The molecule has 0 saturated heterocycles. The molecule has 1 fully saturated rings. The normalized spacial score (nSPS) is 26.1. The first-order chi connectivity index (χ1) is 8.78. The first kappa shape index (κ1) is 15.7. The summed E-state index contributed by atoms with van der Waals surface area (Å²) in [6, 6.07) is -0.327. The maximum Gasteiger partial charge on any atom is 0.332 e. The van der Waals surface area contributed by atoms with Crippen LogP contribution < -0.4 is 10.6 Å². The Kier molecular flexibility index (Phi) is 5.13. The number of aliphatic carboxylic acids is 1. The monoisotopic (exact) mass is 274 g/mol. The zero-order chi connectivity index (χ0) is 14.6. The van der Waals surface area contributed by atoms with Gasteiger partial charge in [-0.3, -0.25) is 0 Å². The Hall–Kier alpha value is -1.34. The van der Waals surface area contributed by atoms with Crippen LogP contribution in [0.25, 0.3) is 0 Å². The Morgan fingerprint density at radius 1 is 1.47 bits per heavy atom. The minimum absolute atomic E-state index is 0.0164. The highest BCUT2D eigenvalue weighted by Gasteiger charge is 2.49. The third kappa shape index (κ3) is 3.81. The number of carboxylic acid groups (broad SMARTS) is 1. The van der Waals surface area contributed by atoms with Gasteiger partial charge in [-0.25, -0.2) is 9.59 Å². The van der Waals surface area contributed by atoms with E-state index in [1.807, 2.05) is 13.8 Å². The van der Waals surface area contributed by atoms with Crippen LogP contribution in [-0.4, -0.2) is 54.1 Å². The van der Waals surface area contributed by atoms with Gasteiger partial charge in [0.2, 0.25) is 0 Å². The van der Waals surface area contributed by atoms with Crippen LogP contribution in [0.5, 0.6) is 0 Å². The molecule has 1 aliphatic carbocycles. The van der Waals surface area contributed by atoms with E-state index in [1.165, 1.54) is 0 Å². The van der Waals surface area contributed by atoms with E-state index in [9.17, 15) is 9.59 Å². The molecule has 1 rings (SSSR count). The van der Waals surface area contributed by atoms with E-state index in [1.54, 1.807) is 7.11 Å². The van der Waals surface area contributed by atoms with Crippen LogP contribution in [0.15, 0.2) is 0 Å². The fraction of sp³-hybridized carbons (Fsp3) is 0.833. The number of ether oxygens (including phenoxy) is 1. The first-order valence-corrected chi connectivity index (χ1v) is 6.27. The minimum atomic E-state index is -1.45. The summed E-state index contributed by atoms with van der Waals surface area (Å²) in [4.78, 5) is 22.0. The third-order valence-electron chi connectivity index (χ3n) is 3.76. The number of amides is 2. The van der Waals surface area contributed by atoms with Crippen LogP contribution in [0.1, 0.15) is 26.7 Å². The van der Waals surface area contributed by atoms with E-state index in [0.29, 0.717) is 0 Å². The predicted octanol–water partition coefficient (Wildman–Crippen LogP) is -0.0653. The molecule has 1 saturated carbocycles. The summed E-state index contributed by atoms with van der Waals surface area (Å²) in [5.41, 5.74) is -0.118. The molecule has 0 aliphatic heterocycles. The Morgan fingerprint density at radius 3 is 2.58 bits per heavy atom. The van der Waals surface area contributed by atoms with Gasteiger partial charge in [0.1, 0.15) is 0 Å². The largest absolute Gasteiger partial charge is 0.479 e. The summed E-state index contributed by atoms with van der Waals surface area (Å²) < 4.78 is 5.28. The van der Waals surface area contributed by atoms with Crippen LogP contribution in [0.2, 0.25) is 0 Å². The van der Waals surface area contributed by atoms with Crippen molar-refractivity contribution in [1.29, 1.82) is 0 Å². The Balaban J connectivity index is 2.24. The highest BCUT2D eigenvalue weighted by Crippen LogP contribution is 2.42. The van der Waals surface area contributed by atoms with E-state index >= 15 is 0 Å². The van der Waals surface area contributed by atoms with Crippen molar-refractivity contribution in [3.05, 3.63) is 0 Å². The molecule has 0 bridgehead atoms. The number of methoxy groups -OCH3 is 1. The highest BCUT2D eigenvalue weighted by molar-refractivity contribution is 5.75. The van der Waals surface area contributed by atoms with Crippen molar-refractivity contribution < 1.29 is 24.5 Å². The molecule has 0 aromatic carbocycles. The molecule has 0 aromatic rings. The first-order valence-electron chi connectivity index (χ1n) is 6.27. The van der Waals surface area contributed by atoms with Crippen LogP contribution in [0.4, 0.5) is 4.79 Å². The Bertz CT molecular complexity index is 345. The van der Waals surface area contributed by atoms with Gasteiger partial charge in [-0.15, -0.1) is 0 Å². The average molecular weight is 274 g/mol. The number of urea groups is 1. The lowest BCUT2D eigenvalue weighted by atomic mass is 9.64. The molecule has 0 aromatic heterocycles. The standard InChI is InChI=1S/C12H22N2O5/c1-12(2)8(6-9(12)19-3)14-11(18)13-5-4-7(15)10(16)17/h7-9,15H,4-6H2,1-3H3,(H,16,17)(H2,13,14,18)/t7-,8?,9?/m0/s1. The zero-order valence-corrected chi connectivity index (χ0v) is 11.5. The molecule has 0 spiro atoms. The van der Waals surface area contributed by atoms with Crippen LogP contribution in [-0.2, 0) is 9.53 Å². The van der Waals surface area contributed by atoms with Crippen molar-refractivity contribution in [3.8, 4) is 0 Å². The molecular formula is C12H22N2O5. The average Bonchev–Trinajstić information content (AvgIpc) is 2.33. The predicted molar refractivity (Wildman–Crippen MR) is 67.8 cm³/mol. The summed E-state index contributed by atoms with van der Waals surface area (Å²) in [6.45, 7) is 4.15. The SMILES string of the molecule is COC1CC(NC(=O)NCC[C@H](O)C(=O)O)C1(C)C. The molecule has 4 N–H and O–H groups in total. The van der Waals surface area contributed by atoms with Crippen molar-refractivity contribution >= 4 is 12.0 Å². The molecule has 2 unspecified atom stereocenters. The molecule has 0 heterocycles. The van der Waals surface area contributed by atoms with Crippen molar-refractivity contribution in [1.82, 2.24) is 10.6 Å². The van der Waals surface area contributed by atoms with Gasteiger partial charge in [0.05, 0.1) is 6.10 Å². The van der Waals surface area contributed by atoms with Gasteiger partial charge < -0.3 is 25.6 Å². The van der Waals surface area contributed by atoms with Crippen LogP contribution in [0, 0.1) is 5.41 Å². The smallest absolute Gasteiger partial charge is 0.332 e. The van der Waals surface area contributed by atoms with Crippen molar-refractivity contribution in [2.45, 2.75) is 44.9 Å². The van der Waals surface area contributed by atoms with Gasteiger partial charge in [0.25, 0.3) is 0 Å². The summed E-state index contributed by atoms with van der Waals surface area (Å²) in [5.74, 6) is -1.29. The summed E-state index contributed by atoms with van der Waals surface area (Å²) in [7, 11) is 1.65. The van der Waals surface area contributed by atoms with Gasteiger partial charge in [0.15, 0.2) is 6.10 Å². The van der Waals surface area contributed by atoms with E-state index in [4.69, 9.17) is 14.9 Å². The highest BCUT2D eigenvalue weighted by atomic mass is 16.5. The molecule has 0 radical (unpaired) electrons. The molecule has 19 heavy (non-hydrogen) atoms. The number of aliphatic hydroxyl groups is 1. The second kappa shape index (κ2) is 6.21. The minimum Gasteiger partial charge on any atom is -0.479 e. The third-order valence-corrected chi connectivity index (χ3v) is 3.76. The molecular weight excluding hydrogens is 252 g/mol. The fourth-order valence-corrected chi connectivity index (χ4v) is 2.19. The number of carbonyl (C=O) groups is 2. The fourth-order valence-electron chi connectivity index (χ4n) is 2.19.